The summed E-state index contributed by atoms with van der Waals surface area (Å²) < 4.78 is 26.8. The predicted octanol–water partition coefficient (Wildman–Crippen LogP) is 1.43. The van der Waals surface area contributed by atoms with Crippen LogP contribution in [-0.2, 0) is 10.0 Å². The molecule has 1 aliphatic heterocycles. The van der Waals surface area contributed by atoms with Gasteiger partial charge in [0.15, 0.2) is 0 Å². The third kappa shape index (κ3) is 2.04. The summed E-state index contributed by atoms with van der Waals surface area (Å²) in [7, 11) is -1.78. The van der Waals surface area contributed by atoms with E-state index in [2.05, 4.69) is 5.32 Å². The van der Waals surface area contributed by atoms with E-state index < -0.39 is 10.0 Å². The number of benzene rings is 2. The molecule has 0 aromatic heterocycles. The summed E-state index contributed by atoms with van der Waals surface area (Å²) in [5, 5.41) is 4.83. The first-order valence-electron chi connectivity index (χ1n) is 6.27. The number of hydrogen-bond donors (Lipinski definition) is 1. The van der Waals surface area contributed by atoms with Crippen LogP contribution in [0.2, 0.25) is 0 Å². The minimum atomic E-state index is -3.43. The van der Waals surface area contributed by atoms with Gasteiger partial charge >= 0.3 is 0 Å². The number of hydrogen-bond acceptors (Lipinski definition) is 3. The summed E-state index contributed by atoms with van der Waals surface area (Å²) in [6.07, 6.45) is 0. The van der Waals surface area contributed by atoms with E-state index in [1.807, 2.05) is 30.3 Å². The lowest BCUT2D eigenvalue weighted by Crippen LogP contribution is -2.57. The highest BCUT2D eigenvalue weighted by atomic mass is 32.2. The molecule has 2 aromatic rings. The van der Waals surface area contributed by atoms with E-state index in [9.17, 15) is 8.42 Å². The molecule has 4 nitrogen and oxygen atoms in total. The first-order chi connectivity index (χ1) is 9.10. The van der Waals surface area contributed by atoms with Crippen LogP contribution < -0.4 is 5.32 Å². The van der Waals surface area contributed by atoms with Gasteiger partial charge in [0.2, 0.25) is 10.0 Å². The third-order valence-corrected chi connectivity index (χ3v) is 5.65. The number of rotatable bonds is 3. The zero-order valence-electron chi connectivity index (χ0n) is 10.7. The monoisotopic (exact) mass is 276 g/mol. The first-order valence-corrected chi connectivity index (χ1v) is 7.71. The molecule has 1 N–H and O–H groups in total. The summed E-state index contributed by atoms with van der Waals surface area (Å²) in [5.41, 5.74) is 0. The van der Waals surface area contributed by atoms with Crippen molar-refractivity contribution in [3.8, 4) is 0 Å². The Kier molecular flexibility index (Phi) is 3.05. The van der Waals surface area contributed by atoms with Gasteiger partial charge in [0.1, 0.15) is 0 Å². The number of sulfonamides is 1. The smallest absolute Gasteiger partial charge is 0.243 e. The van der Waals surface area contributed by atoms with Gasteiger partial charge in [-0.1, -0.05) is 36.4 Å². The second-order valence-electron chi connectivity index (χ2n) is 4.81. The fourth-order valence-corrected chi connectivity index (χ4v) is 3.87. The lowest BCUT2D eigenvalue weighted by Gasteiger charge is -2.34. The van der Waals surface area contributed by atoms with Crippen LogP contribution in [0.5, 0.6) is 0 Å². The Balaban J connectivity index is 2.12. The maximum absolute atomic E-state index is 12.7. The predicted molar refractivity (Wildman–Crippen MR) is 75.6 cm³/mol. The molecule has 1 fully saturated rings. The Hall–Kier alpha value is -1.43. The van der Waals surface area contributed by atoms with Crippen molar-refractivity contribution in [2.45, 2.75) is 10.9 Å². The molecule has 3 rings (SSSR count). The van der Waals surface area contributed by atoms with E-state index in [0.717, 1.165) is 23.9 Å². The molecule has 0 unspecified atom stereocenters. The molecule has 0 atom stereocenters. The number of likely N-dealkylation sites (N-methyl/N-ethyl adjacent to an activating group) is 1. The van der Waals surface area contributed by atoms with E-state index in [0.29, 0.717) is 4.90 Å². The summed E-state index contributed by atoms with van der Waals surface area (Å²) >= 11 is 0. The minimum absolute atomic E-state index is 0.0592. The van der Waals surface area contributed by atoms with E-state index in [4.69, 9.17) is 0 Å². The van der Waals surface area contributed by atoms with Gasteiger partial charge in [-0.25, -0.2) is 8.42 Å². The van der Waals surface area contributed by atoms with E-state index >= 15 is 0 Å². The van der Waals surface area contributed by atoms with Gasteiger partial charge in [-0.15, -0.1) is 0 Å². The normalized spacial score (nSPS) is 16.7. The van der Waals surface area contributed by atoms with Crippen molar-refractivity contribution in [1.29, 1.82) is 0 Å². The van der Waals surface area contributed by atoms with Crippen molar-refractivity contribution in [1.82, 2.24) is 9.62 Å². The van der Waals surface area contributed by atoms with Crippen molar-refractivity contribution < 1.29 is 8.42 Å². The van der Waals surface area contributed by atoms with Crippen LogP contribution in [0, 0.1) is 0 Å². The number of fused-ring (bicyclic) bond motifs is 1. The van der Waals surface area contributed by atoms with Crippen molar-refractivity contribution in [2.75, 3.05) is 20.1 Å². The molecule has 1 saturated heterocycles. The third-order valence-electron chi connectivity index (χ3n) is 3.68. The first kappa shape index (κ1) is 12.6. The molecule has 1 aliphatic rings. The second kappa shape index (κ2) is 4.59. The van der Waals surface area contributed by atoms with Crippen LogP contribution in [0.4, 0.5) is 0 Å². The van der Waals surface area contributed by atoms with Crippen LogP contribution in [0.15, 0.2) is 47.4 Å². The highest BCUT2D eigenvalue weighted by molar-refractivity contribution is 7.89. The van der Waals surface area contributed by atoms with Gasteiger partial charge in [0.25, 0.3) is 0 Å². The maximum atomic E-state index is 12.7. The summed E-state index contributed by atoms with van der Waals surface area (Å²) in [6.45, 7) is 1.45. The average molecular weight is 276 g/mol. The van der Waals surface area contributed by atoms with Crippen LogP contribution in [0.3, 0.4) is 0 Å². The second-order valence-corrected chi connectivity index (χ2v) is 6.78. The summed E-state index contributed by atoms with van der Waals surface area (Å²) in [4.78, 5) is 0.389. The minimum Gasteiger partial charge on any atom is -0.313 e. The standard InChI is InChI=1S/C14H16N2O2S/c1-16(12-9-15-10-12)19(17,18)14-8-4-6-11-5-2-3-7-13(11)14/h2-8,12,15H,9-10H2,1H3. The zero-order chi connectivity index (χ0) is 13.5. The molecule has 0 spiro atoms. The molecule has 0 saturated carbocycles. The summed E-state index contributed by atoms with van der Waals surface area (Å²) in [6, 6.07) is 13.0. The van der Waals surface area contributed by atoms with Crippen LogP contribution in [0.25, 0.3) is 10.8 Å². The molecule has 19 heavy (non-hydrogen) atoms. The Labute approximate surface area is 113 Å². The average Bonchev–Trinajstić information content (AvgIpc) is 2.36. The molecule has 0 radical (unpaired) electrons. The molecular formula is C14H16N2O2S. The molecule has 0 aliphatic carbocycles. The van der Waals surface area contributed by atoms with Crippen LogP contribution in [-0.4, -0.2) is 38.9 Å². The van der Waals surface area contributed by atoms with Gasteiger partial charge in [0.05, 0.1) is 4.90 Å². The lowest BCUT2D eigenvalue weighted by atomic mass is 10.1. The Morgan fingerprint density at radius 1 is 1.11 bits per heavy atom. The number of nitrogens with zero attached hydrogens (tertiary/aromatic N) is 1. The van der Waals surface area contributed by atoms with E-state index in [-0.39, 0.29) is 6.04 Å². The van der Waals surface area contributed by atoms with Crippen molar-refractivity contribution in [3.05, 3.63) is 42.5 Å². The molecule has 1 heterocycles. The fourth-order valence-electron chi connectivity index (χ4n) is 2.30. The fraction of sp³-hybridized carbons (Fsp3) is 0.286. The molecule has 5 heteroatoms. The SMILES string of the molecule is CN(C1CNC1)S(=O)(=O)c1cccc2ccccc12. The molecule has 0 bridgehead atoms. The maximum Gasteiger partial charge on any atom is 0.243 e. The van der Waals surface area contributed by atoms with Gasteiger partial charge in [-0.05, 0) is 11.5 Å². The van der Waals surface area contributed by atoms with Crippen molar-refractivity contribution in [3.63, 3.8) is 0 Å². The van der Waals surface area contributed by atoms with E-state index in [1.165, 1.54) is 4.31 Å². The van der Waals surface area contributed by atoms with E-state index in [1.54, 1.807) is 19.2 Å². The van der Waals surface area contributed by atoms with Gasteiger partial charge in [-0.2, -0.15) is 4.31 Å². The highest BCUT2D eigenvalue weighted by Crippen LogP contribution is 2.26. The summed E-state index contributed by atoms with van der Waals surface area (Å²) in [5.74, 6) is 0. The highest BCUT2D eigenvalue weighted by Gasteiger charge is 2.32. The Bertz CT molecular complexity index is 703. The van der Waals surface area contributed by atoms with Crippen molar-refractivity contribution in [2.24, 2.45) is 0 Å². The Morgan fingerprint density at radius 3 is 2.47 bits per heavy atom. The molecule has 2 aromatic carbocycles. The molecule has 0 amide bonds. The van der Waals surface area contributed by atoms with Gasteiger partial charge in [0, 0.05) is 31.6 Å². The lowest BCUT2D eigenvalue weighted by molar-refractivity contribution is 0.274. The molecular weight excluding hydrogens is 260 g/mol. The van der Waals surface area contributed by atoms with Gasteiger partial charge < -0.3 is 5.32 Å². The number of nitrogens with one attached hydrogen (secondary N) is 1. The van der Waals surface area contributed by atoms with Crippen molar-refractivity contribution >= 4 is 20.8 Å². The van der Waals surface area contributed by atoms with Crippen LogP contribution in [0.1, 0.15) is 0 Å². The zero-order valence-corrected chi connectivity index (χ0v) is 11.5. The van der Waals surface area contributed by atoms with Crippen LogP contribution >= 0.6 is 0 Å². The quantitative estimate of drug-likeness (QED) is 0.922. The molecule has 100 valence electrons. The Morgan fingerprint density at radius 2 is 1.79 bits per heavy atom. The largest absolute Gasteiger partial charge is 0.313 e. The topological polar surface area (TPSA) is 49.4 Å². The van der Waals surface area contributed by atoms with Gasteiger partial charge in [-0.3, -0.25) is 0 Å².